The molecule has 2 atom stereocenters. The van der Waals surface area contributed by atoms with Gasteiger partial charge in [0, 0.05) is 10.6 Å². The Morgan fingerprint density at radius 1 is 1.48 bits per heavy atom. The summed E-state index contributed by atoms with van der Waals surface area (Å²) in [6.45, 7) is 4.21. The largest absolute Gasteiger partial charge is 0.374 e. The maximum absolute atomic E-state index is 13.7. The van der Waals surface area contributed by atoms with E-state index in [-0.39, 0.29) is 12.4 Å². The van der Waals surface area contributed by atoms with E-state index in [4.69, 9.17) is 26.3 Å². The number of rotatable bonds is 5. The first-order valence-corrected chi connectivity index (χ1v) is 7.43. The van der Waals surface area contributed by atoms with Gasteiger partial charge in [-0.25, -0.2) is 4.39 Å². The Morgan fingerprint density at radius 2 is 2.24 bits per heavy atom. The molecule has 114 valence electrons. The molecule has 2 unspecified atom stereocenters. The first kappa shape index (κ1) is 16.2. The van der Waals surface area contributed by atoms with Crippen molar-refractivity contribution in [1.29, 1.82) is 5.26 Å². The molecule has 0 N–H and O–H groups in total. The van der Waals surface area contributed by atoms with E-state index in [2.05, 4.69) is 6.07 Å². The molecule has 0 aromatic heterocycles. The third-order valence-electron chi connectivity index (χ3n) is 4.05. The van der Waals surface area contributed by atoms with Gasteiger partial charge in [-0.3, -0.25) is 0 Å². The second-order valence-electron chi connectivity index (χ2n) is 5.67. The molecule has 0 saturated carbocycles. The monoisotopic (exact) mass is 311 g/mol. The van der Waals surface area contributed by atoms with Gasteiger partial charge in [0.15, 0.2) is 5.60 Å². The summed E-state index contributed by atoms with van der Waals surface area (Å²) < 4.78 is 25.2. The van der Waals surface area contributed by atoms with E-state index in [1.807, 2.05) is 6.92 Å². The number of hydrogen-bond donors (Lipinski definition) is 0. The Bertz CT molecular complexity index is 539. The molecule has 1 aromatic carbocycles. The molecule has 1 fully saturated rings. The van der Waals surface area contributed by atoms with E-state index >= 15 is 0 Å². The summed E-state index contributed by atoms with van der Waals surface area (Å²) >= 11 is 5.97. The van der Waals surface area contributed by atoms with Crippen LogP contribution < -0.4 is 0 Å². The first-order valence-electron chi connectivity index (χ1n) is 7.06. The zero-order valence-electron chi connectivity index (χ0n) is 12.3. The molecule has 3 nitrogen and oxygen atoms in total. The van der Waals surface area contributed by atoms with Crippen LogP contribution in [0.1, 0.15) is 38.7 Å². The predicted molar refractivity (Wildman–Crippen MR) is 78.4 cm³/mol. The van der Waals surface area contributed by atoms with E-state index in [1.165, 1.54) is 6.07 Å². The zero-order valence-corrected chi connectivity index (χ0v) is 13.0. The molecular weight excluding hydrogens is 293 g/mol. The second-order valence-corrected chi connectivity index (χ2v) is 6.08. The van der Waals surface area contributed by atoms with Gasteiger partial charge >= 0.3 is 0 Å². The van der Waals surface area contributed by atoms with E-state index < -0.39 is 11.2 Å². The first-order chi connectivity index (χ1) is 9.94. The topological polar surface area (TPSA) is 42.2 Å². The minimum atomic E-state index is -0.755. The summed E-state index contributed by atoms with van der Waals surface area (Å²) in [6, 6.07) is 6.76. The highest BCUT2D eigenvalue weighted by Crippen LogP contribution is 2.40. The third kappa shape index (κ3) is 3.55. The fraction of sp³-hybridized carbons (Fsp3) is 0.562. The van der Waals surface area contributed by atoms with Crippen LogP contribution in [0, 0.1) is 17.1 Å². The van der Waals surface area contributed by atoms with Gasteiger partial charge in [0.1, 0.15) is 5.82 Å². The van der Waals surface area contributed by atoms with Crippen LogP contribution in [0.15, 0.2) is 18.2 Å². The van der Waals surface area contributed by atoms with Crippen molar-refractivity contribution in [2.75, 3.05) is 6.61 Å². The third-order valence-corrected chi connectivity index (χ3v) is 4.41. The number of benzene rings is 1. The van der Waals surface area contributed by atoms with Gasteiger partial charge in [-0.2, -0.15) is 5.26 Å². The number of nitriles is 1. The van der Waals surface area contributed by atoms with Crippen molar-refractivity contribution < 1.29 is 13.9 Å². The minimum Gasteiger partial charge on any atom is -0.374 e. The summed E-state index contributed by atoms with van der Waals surface area (Å²) in [5, 5.41) is 9.50. The van der Waals surface area contributed by atoms with Gasteiger partial charge in [0.05, 0.1) is 24.9 Å². The van der Waals surface area contributed by atoms with Crippen molar-refractivity contribution >= 4 is 11.6 Å². The lowest BCUT2D eigenvalue weighted by atomic mass is 9.96. The molecule has 0 spiro atoms. The molecule has 1 aliphatic heterocycles. The van der Waals surface area contributed by atoms with Gasteiger partial charge in [-0.15, -0.1) is 0 Å². The van der Waals surface area contributed by atoms with E-state index in [9.17, 15) is 4.39 Å². The van der Waals surface area contributed by atoms with Crippen LogP contribution in [0.4, 0.5) is 4.39 Å². The molecule has 0 aliphatic carbocycles. The predicted octanol–water partition coefficient (Wildman–Crippen LogP) is 4.24. The van der Waals surface area contributed by atoms with Crippen LogP contribution in [0.25, 0.3) is 0 Å². The molecule has 5 heteroatoms. The van der Waals surface area contributed by atoms with Crippen LogP contribution in [0.2, 0.25) is 5.02 Å². The maximum Gasteiger partial charge on any atom is 0.152 e. The van der Waals surface area contributed by atoms with Crippen LogP contribution in [-0.4, -0.2) is 17.8 Å². The van der Waals surface area contributed by atoms with Gasteiger partial charge in [-0.1, -0.05) is 24.6 Å². The van der Waals surface area contributed by atoms with Crippen molar-refractivity contribution in [2.45, 2.75) is 50.9 Å². The highest BCUT2D eigenvalue weighted by molar-refractivity contribution is 6.31. The van der Waals surface area contributed by atoms with Crippen LogP contribution in [0.3, 0.4) is 0 Å². The molecule has 1 heterocycles. The molecule has 1 aliphatic rings. The standard InChI is InChI=1S/C16H19ClFNO2/c1-3-16(8-7-15(2,10-19)21-16)11-20-9-12-13(17)5-4-6-14(12)18/h4-6H,3,7-9,11H2,1-2H3. The van der Waals surface area contributed by atoms with Gasteiger partial charge < -0.3 is 9.47 Å². The Balaban J connectivity index is 1.98. The quantitative estimate of drug-likeness (QED) is 0.817. The highest BCUT2D eigenvalue weighted by atomic mass is 35.5. The lowest BCUT2D eigenvalue weighted by Gasteiger charge is -2.29. The molecule has 0 amide bonds. The fourth-order valence-electron chi connectivity index (χ4n) is 2.59. The number of nitrogens with zero attached hydrogens (tertiary/aromatic N) is 1. The SMILES string of the molecule is CCC1(COCc2c(F)cccc2Cl)CCC(C)(C#N)O1. The summed E-state index contributed by atoms with van der Waals surface area (Å²) in [7, 11) is 0. The Morgan fingerprint density at radius 3 is 2.81 bits per heavy atom. The average molecular weight is 312 g/mol. The summed E-state index contributed by atoms with van der Waals surface area (Å²) in [5.41, 5.74) is -0.872. The van der Waals surface area contributed by atoms with E-state index in [1.54, 1.807) is 19.1 Å². The van der Waals surface area contributed by atoms with Crippen molar-refractivity contribution in [3.05, 3.63) is 34.6 Å². The van der Waals surface area contributed by atoms with Gasteiger partial charge in [0.25, 0.3) is 0 Å². The van der Waals surface area contributed by atoms with Crippen LogP contribution in [-0.2, 0) is 16.1 Å². The van der Waals surface area contributed by atoms with Crippen molar-refractivity contribution in [2.24, 2.45) is 0 Å². The maximum atomic E-state index is 13.7. The number of ether oxygens (including phenoxy) is 2. The number of hydrogen-bond acceptors (Lipinski definition) is 3. The molecule has 1 saturated heterocycles. The van der Waals surface area contributed by atoms with Crippen molar-refractivity contribution in [3.63, 3.8) is 0 Å². The molecule has 1 aromatic rings. The number of halogens is 2. The van der Waals surface area contributed by atoms with Crippen molar-refractivity contribution in [1.82, 2.24) is 0 Å². The highest BCUT2D eigenvalue weighted by Gasteiger charge is 2.46. The average Bonchev–Trinajstić information content (AvgIpc) is 2.81. The Kier molecular flexibility index (Phi) is 4.88. The molecule has 2 rings (SSSR count). The lowest BCUT2D eigenvalue weighted by Crippen LogP contribution is -2.37. The fourth-order valence-corrected chi connectivity index (χ4v) is 2.80. The molecular formula is C16H19ClFNO2. The Labute approximate surface area is 129 Å². The van der Waals surface area contributed by atoms with Crippen LogP contribution in [0.5, 0.6) is 0 Å². The van der Waals surface area contributed by atoms with Crippen LogP contribution >= 0.6 is 11.6 Å². The minimum absolute atomic E-state index is 0.0971. The zero-order chi connectivity index (χ0) is 15.5. The lowest BCUT2D eigenvalue weighted by molar-refractivity contribution is -0.114. The van der Waals surface area contributed by atoms with Gasteiger partial charge in [-0.05, 0) is 38.3 Å². The summed E-state index contributed by atoms with van der Waals surface area (Å²) in [4.78, 5) is 0. The summed E-state index contributed by atoms with van der Waals surface area (Å²) in [5.74, 6) is -0.373. The smallest absolute Gasteiger partial charge is 0.152 e. The Hall–Kier alpha value is -1.15. The normalized spacial score (nSPS) is 28.5. The second kappa shape index (κ2) is 6.31. The van der Waals surface area contributed by atoms with Crippen molar-refractivity contribution in [3.8, 4) is 6.07 Å². The van der Waals surface area contributed by atoms with E-state index in [0.29, 0.717) is 23.6 Å². The van der Waals surface area contributed by atoms with Gasteiger partial charge in [0.2, 0.25) is 0 Å². The van der Waals surface area contributed by atoms with E-state index in [0.717, 1.165) is 12.8 Å². The summed E-state index contributed by atoms with van der Waals surface area (Å²) in [6.07, 6.45) is 2.19. The molecule has 0 bridgehead atoms. The molecule has 0 radical (unpaired) electrons. The molecule has 21 heavy (non-hydrogen) atoms.